The summed E-state index contributed by atoms with van der Waals surface area (Å²) in [4.78, 5) is 28.0. The number of amides is 2. The largest absolute Gasteiger partial charge is 0.465 e. The molecule has 1 heterocycles. The van der Waals surface area contributed by atoms with Gasteiger partial charge in [0.25, 0.3) is 11.8 Å². The van der Waals surface area contributed by atoms with Crippen LogP contribution in [0.1, 0.15) is 57.8 Å². The molecule has 9 heteroatoms. The van der Waals surface area contributed by atoms with E-state index in [0.29, 0.717) is 11.3 Å². The first-order valence-corrected chi connectivity index (χ1v) is 14.0. The number of nitrogens with one attached hydrogen (secondary N) is 1. The molecule has 2 atom stereocenters. The Morgan fingerprint density at radius 1 is 1.14 bits per heavy atom. The lowest BCUT2D eigenvalue weighted by Gasteiger charge is -2.43. The van der Waals surface area contributed by atoms with Gasteiger partial charge in [0.05, 0.1) is 10.9 Å². The van der Waals surface area contributed by atoms with Crippen molar-refractivity contribution < 1.29 is 23.5 Å². The summed E-state index contributed by atoms with van der Waals surface area (Å²) in [5.41, 5.74) is 4.02. The fourth-order valence-electron chi connectivity index (χ4n) is 5.67. The summed E-state index contributed by atoms with van der Waals surface area (Å²) < 4.78 is 31.4. The number of hydrogen-bond acceptors (Lipinski definition) is 3. The molecule has 37 heavy (non-hydrogen) atoms. The maximum absolute atomic E-state index is 15.3. The van der Waals surface area contributed by atoms with Crippen LogP contribution in [0.5, 0.6) is 0 Å². The second-order valence-electron chi connectivity index (χ2n) is 9.57. The number of rotatable bonds is 6. The molecule has 1 aromatic heterocycles. The molecule has 2 N–H and O–H groups in total. The fourth-order valence-corrected chi connectivity index (χ4v) is 7.47. The molecule has 2 aliphatic rings. The molecule has 0 radical (unpaired) electrons. The number of benzene rings is 2. The molecule has 5 rings (SSSR count). The molecular weight excluding hydrogens is 562 g/mol. The van der Waals surface area contributed by atoms with Crippen LogP contribution in [0.25, 0.3) is 11.1 Å². The maximum Gasteiger partial charge on any atom is 0.407 e. The Bertz CT molecular complexity index is 1300. The molecule has 2 aliphatic carbocycles. The van der Waals surface area contributed by atoms with Crippen LogP contribution < -0.4 is 5.32 Å². The van der Waals surface area contributed by atoms with E-state index in [1.165, 1.54) is 11.3 Å². The smallest absolute Gasteiger partial charge is 0.407 e. The van der Waals surface area contributed by atoms with Crippen LogP contribution in [0.4, 0.5) is 13.6 Å². The van der Waals surface area contributed by atoms with Gasteiger partial charge in [-0.2, -0.15) is 0 Å². The quantitative estimate of drug-likeness (QED) is 0.321. The van der Waals surface area contributed by atoms with E-state index in [1.807, 2.05) is 55.5 Å². The van der Waals surface area contributed by atoms with E-state index in [2.05, 4.69) is 21.2 Å². The minimum Gasteiger partial charge on any atom is -0.465 e. The van der Waals surface area contributed by atoms with Crippen LogP contribution in [0.2, 0.25) is 0 Å². The lowest BCUT2D eigenvalue weighted by Crippen LogP contribution is -2.63. The lowest BCUT2D eigenvalue weighted by atomic mass is 9.84. The van der Waals surface area contributed by atoms with Crippen molar-refractivity contribution in [2.75, 3.05) is 6.54 Å². The molecule has 2 amide bonds. The van der Waals surface area contributed by atoms with Crippen LogP contribution in [-0.4, -0.2) is 46.6 Å². The van der Waals surface area contributed by atoms with Crippen LogP contribution in [0.3, 0.4) is 0 Å². The zero-order valence-corrected chi connectivity index (χ0v) is 22.6. The van der Waals surface area contributed by atoms with Crippen molar-refractivity contribution in [1.29, 1.82) is 0 Å². The average Bonchev–Trinajstić information content (AvgIpc) is 3.41. The monoisotopic (exact) mass is 588 g/mol. The predicted molar refractivity (Wildman–Crippen MR) is 144 cm³/mol. The number of nitrogens with zero attached hydrogens (tertiary/aromatic N) is 1. The number of carbonyl (C=O) groups excluding carboxylic acids is 1. The normalized spacial score (nSPS) is 20.2. The van der Waals surface area contributed by atoms with Gasteiger partial charge in [0.15, 0.2) is 0 Å². The molecule has 0 saturated heterocycles. The van der Waals surface area contributed by atoms with E-state index < -0.39 is 36.4 Å². The molecule has 5 nitrogen and oxygen atoms in total. The van der Waals surface area contributed by atoms with Gasteiger partial charge in [-0.3, -0.25) is 4.79 Å². The molecule has 0 unspecified atom stereocenters. The molecule has 0 bridgehead atoms. The van der Waals surface area contributed by atoms with Crippen molar-refractivity contribution >= 4 is 39.3 Å². The highest BCUT2D eigenvalue weighted by Crippen LogP contribution is 2.46. The van der Waals surface area contributed by atoms with E-state index in [9.17, 15) is 14.7 Å². The summed E-state index contributed by atoms with van der Waals surface area (Å²) in [5, 5.41) is 12.8. The third-order valence-corrected chi connectivity index (χ3v) is 9.67. The second-order valence-corrected chi connectivity index (χ2v) is 11.6. The van der Waals surface area contributed by atoms with Gasteiger partial charge in [0.1, 0.15) is 6.04 Å². The molecule has 3 aromatic rings. The zero-order valence-electron chi connectivity index (χ0n) is 20.2. The third-order valence-electron chi connectivity index (χ3n) is 7.43. The predicted octanol–water partition coefficient (Wildman–Crippen LogP) is 7.15. The van der Waals surface area contributed by atoms with Gasteiger partial charge in [-0.1, -0.05) is 55.5 Å². The highest BCUT2D eigenvalue weighted by atomic mass is 79.9. The summed E-state index contributed by atoms with van der Waals surface area (Å²) in [6, 6.07) is 14.6. The second kappa shape index (κ2) is 10.2. The molecular formula is C28H27BrF2N2O3S. The Morgan fingerprint density at radius 3 is 2.32 bits per heavy atom. The number of hydrogen-bond donors (Lipinski definition) is 2. The van der Waals surface area contributed by atoms with Crippen molar-refractivity contribution in [1.82, 2.24) is 10.2 Å². The van der Waals surface area contributed by atoms with Crippen LogP contribution in [0, 0.1) is 0 Å². The summed E-state index contributed by atoms with van der Waals surface area (Å²) in [5.74, 6) is -4.13. The Kier molecular flexibility index (Phi) is 7.11. The SMILES string of the molecule is CCc1sc(C(=O)N[C@@H]2[C@@H](N(CC3c4ccccc4-c4ccccc43)C(=O)O)CCCC2(F)F)cc1Br. The van der Waals surface area contributed by atoms with Crippen molar-refractivity contribution in [3.8, 4) is 11.1 Å². The van der Waals surface area contributed by atoms with E-state index >= 15 is 8.78 Å². The molecule has 1 fully saturated rings. The minimum absolute atomic E-state index is 0.0288. The van der Waals surface area contributed by atoms with Crippen LogP contribution in [0.15, 0.2) is 59.1 Å². The standard InChI is InChI=1S/C28H27BrF2N2O3S/c1-2-23-21(29)14-24(37-23)26(34)32-25-22(12-7-13-28(25,30)31)33(27(35)36)15-20-18-10-5-3-8-16(18)17-9-4-6-11-19(17)20/h3-6,8-11,14,20,22,25H,2,7,12-13,15H2,1H3,(H,32,34)(H,35,36)/t22-,25+/m0/s1. The molecule has 0 aliphatic heterocycles. The molecule has 194 valence electrons. The van der Waals surface area contributed by atoms with Gasteiger partial charge in [-0.15, -0.1) is 11.3 Å². The molecule has 2 aromatic carbocycles. The van der Waals surface area contributed by atoms with Gasteiger partial charge in [0, 0.05) is 28.2 Å². The Hall–Kier alpha value is -2.78. The molecule has 1 saturated carbocycles. The number of alkyl halides is 2. The fraction of sp³-hybridized carbons (Fsp3) is 0.357. The summed E-state index contributed by atoms with van der Waals surface area (Å²) in [7, 11) is 0. The van der Waals surface area contributed by atoms with Crippen molar-refractivity contribution in [3.63, 3.8) is 0 Å². The number of carboxylic acid groups (broad SMARTS) is 1. The van der Waals surface area contributed by atoms with E-state index in [0.717, 1.165) is 36.5 Å². The first kappa shape index (κ1) is 25.9. The van der Waals surface area contributed by atoms with Gasteiger partial charge in [0.2, 0.25) is 0 Å². The molecule has 0 spiro atoms. The van der Waals surface area contributed by atoms with E-state index in [4.69, 9.17) is 0 Å². The van der Waals surface area contributed by atoms with Crippen molar-refractivity contribution in [2.24, 2.45) is 0 Å². The van der Waals surface area contributed by atoms with Gasteiger partial charge >= 0.3 is 6.09 Å². The Labute approximate surface area is 226 Å². The average molecular weight is 590 g/mol. The lowest BCUT2D eigenvalue weighted by molar-refractivity contribution is -0.0880. The topological polar surface area (TPSA) is 69.6 Å². The van der Waals surface area contributed by atoms with Gasteiger partial charge < -0.3 is 15.3 Å². The van der Waals surface area contributed by atoms with Gasteiger partial charge in [-0.05, 0) is 63.5 Å². The van der Waals surface area contributed by atoms with Crippen molar-refractivity contribution in [3.05, 3.63) is 80.0 Å². The highest BCUT2D eigenvalue weighted by Gasteiger charge is 2.51. The van der Waals surface area contributed by atoms with E-state index in [1.54, 1.807) is 6.07 Å². The Balaban J connectivity index is 1.47. The number of thiophene rings is 1. The first-order chi connectivity index (χ1) is 17.7. The van der Waals surface area contributed by atoms with Gasteiger partial charge in [-0.25, -0.2) is 13.6 Å². The number of halogens is 3. The number of aryl methyl sites for hydroxylation is 1. The maximum atomic E-state index is 15.3. The highest BCUT2D eigenvalue weighted by molar-refractivity contribution is 9.10. The Morgan fingerprint density at radius 2 is 1.76 bits per heavy atom. The summed E-state index contributed by atoms with van der Waals surface area (Å²) >= 11 is 4.67. The minimum atomic E-state index is -3.24. The first-order valence-electron chi connectivity index (χ1n) is 12.4. The van der Waals surface area contributed by atoms with Crippen molar-refractivity contribution in [2.45, 2.75) is 56.5 Å². The number of carbonyl (C=O) groups is 2. The van der Waals surface area contributed by atoms with E-state index in [-0.39, 0.29) is 25.3 Å². The number of fused-ring (bicyclic) bond motifs is 3. The summed E-state index contributed by atoms with van der Waals surface area (Å²) in [6.45, 7) is 1.98. The zero-order chi connectivity index (χ0) is 26.3. The summed E-state index contributed by atoms with van der Waals surface area (Å²) in [6.07, 6.45) is -0.535. The van der Waals surface area contributed by atoms with Crippen LogP contribution in [-0.2, 0) is 6.42 Å². The third kappa shape index (κ3) is 4.79. The van der Waals surface area contributed by atoms with Crippen LogP contribution >= 0.6 is 27.3 Å².